The smallest absolute Gasteiger partial charge is 0.344 e. The summed E-state index contributed by atoms with van der Waals surface area (Å²) in [6, 6.07) is 13.5. The molecule has 1 atom stereocenters. The molecule has 7 nitrogen and oxygen atoms in total. The molecule has 4 rings (SSSR count). The number of aryl methyl sites for hydroxylation is 2. The summed E-state index contributed by atoms with van der Waals surface area (Å²) < 4.78 is 16.1. The molecule has 0 spiro atoms. The third-order valence-corrected chi connectivity index (χ3v) is 5.62. The van der Waals surface area contributed by atoms with Gasteiger partial charge in [-0.2, -0.15) is 0 Å². The maximum Gasteiger partial charge on any atom is 0.344 e. The number of nitrogens with zero attached hydrogens (tertiary/aromatic N) is 1. The molecule has 164 valence electrons. The van der Waals surface area contributed by atoms with Crippen LogP contribution in [0.5, 0.6) is 5.75 Å². The molecule has 1 amide bonds. The summed E-state index contributed by atoms with van der Waals surface area (Å²) >= 11 is 0. The van der Waals surface area contributed by atoms with Gasteiger partial charge in [0.25, 0.3) is 5.91 Å². The van der Waals surface area contributed by atoms with Crippen molar-refractivity contribution in [2.45, 2.75) is 32.3 Å². The van der Waals surface area contributed by atoms with Crippen molar-refractivity contribution < 1.29 is 23.8 Å². The number of hydrogen-bond donors (Lipinski definition) is 1. The average molecular weight is 424 g/mol. The summed E-state index contributed by atoms with van der Waals surface area (Å²) in [7, 11) is 0. The standard InChI is InChI=1S/C24H28N2O5/c1-17(31-23(27)16-30-22-10-5-18-3-2-4-19(18)15-22)24(28)25-20-6-8-21(9-7-20)26-11-13-29-14-12-26/h5-10,15,17H,2-4,11-14,16H2,1H3,(H,25,28)/t17-/m1/s1. The number of carbonyl (C=O) groups is 2. The average Bonchev–Trinajstić information content (AvgIpc) is 3.27. The minimum Gasteiger partial charge on any atom is -0.482 e. The number of hydrogen-bond acceptors (Lipinski definition) is 6. The number of fused-ring (bicyclic) bond motifs is 1. The SMILES string of the molecule is C[C@@H](OC(=O)COc1ccc2c(c1)CCC2)C(=O)Nc1ccc(N2CCOCC2)cc1. The Kier molecular flexibility index (Phi) is 6.72. The minimum atomic E-state index is -0.921. The quantitative estimate of drug-likeness (QED) is 0.689. The Balaban J connectivity index is 1.22. The zero-order valence-corrected chi connectivity index (χ0v) is 17.8. The first-order valence-electron chi connectivity index (χ1n) is 10.8. The number of rotatable bonds is 7. The largest absolute Gasteiger partial charge is 0.482 e. The molecule has 7 heteroatoms. The topological polar surface area (TPSA) is 77.1 Å². The number of morpholine rings is 1. The van der Waals surface area contributed by atoms with E-state index in [1.54, 1.807) is 6.92 Å². The van der Waals surface area contributed by atoms with Gasteiger partial charge in [0.05, 0.1) is 13.2 Å². The molecule has 31 heavy (non-hydrogen) atoms. The summed E-state index contributed by atoms with van der Waals surface area (Å²) in [6.45, 7) is 4.46. The predicted octanol–water partition coefficient (Wildman–Crippen LogP) is 2.96. The minimum absolute atomic E-state index is 0.231. The highest BCUT2D eigenvalue weighted by atomic mass is 16.6. The van der Waals surface area contributed by atoms with Crippen LogP contribution in [0.15, 0.2) is 42.5 Å². The van der Waals surface area contributed by atoms with E-state index in [0.717, 1.165) is 51.3 Å². The Morgan fingerprint density at radius 1 is 1.06 bits per heavy atom. The van der Waals surface area contributed by atoms with Crippen LogP contribution in [0.25, 0.3) is 0 Å². The van der Waals surface area contributed by atoms with Gasteiger partial charge in [0, 0.05) is 24.5 Å². The molecule has 1 aliphatic carbocycles. The molecule has 1 aliphatic heterocycles. The van der Waals surface area contributed by atoms with Crippen molar-refractivity contribution in [3.05, 3.63) is 53.6 Å². The molecule has 0 bridgehead atoms. The third kappa shape index (κ3) is 5.55. The molecule has 1 heterocycles. The second kappa shape index (κ2) is 9.83. The van der Waals surface area contributed by atoms with Crippen molar-refractivity contribution in [3.8, 4) is 5.75 Å². The van der Waals surface area contributed by atoms with Gasteiger partial charge in [-0.05, 0) is 73.7 Å². The van der Waals surface area contributed by atoms with Gasteiger partial charge in [0.15, 0.2) is 12.7 Å². The zero-order valence-electron chi connectivity index (χ0n) is 17.8. The lowest BCUT2D eigenvalue weighted by Gasteiger charge is -2.28. The number of amides is 1. The Bertz CT molecular complexity index is 922. The summed E-state index contributed by atoms with van der Waals surface area (Å²) in [5.41, 5.74) is 4.36. The first kappa shape index (κ1) is 21.2. The van der Waals surface area contributed by atoms with Crippen molar-refractivity contribution in [1.29, 1.82) is 0 Å². The van der Waals surface area contributed by atoms with E-state index in [-0.39, 0.29) is 12.5 Å². The number of nitrogens with one attached hydrogen (secondary N) is 1. The summed E-state index contributed by atoms with van der Waals surface area (Å²) in [6.07, 6.45) is 2.38. The molecule has 0 saturated carbocycles. The molecule has 1 saturated heterocycles. The van der Waals surface area contributed by atoms with Crippen LogP contribution in [0, 0.1) is 0 Å². The second-order valence-electron chi connectivity index (χ2n) is 7.84. The van der Waals surface area contributed by atoms with E-state index >= 15 is 0 Å². The Morgan fingerprint density at radius 2 is 1.81 bits per heavy atom. The van der Waals surface area contributed by atoms with Gasteiger partial charge in [-0.3, -0.25) is 4.79 Å². The van der Waals surface area contributed by atoms with E-state index in [1.807, 2.05) is 42.5 Å². The lowest BCUT2D eigenvalue weighted by atomic mass is 10.1. The Labute approximate surface area is 182 Å². The van der Waals surface area contributed by atoms with Crippen LogP contribution in [0.1, 0.15) is 24.5 Å². The summed E-state index contributed by atoms with van der Waals surface area (Å²) in [5.74, 6) is -0.314. The molecule has 0 aromatic heterocycles. The lowest BCUT2D eigenvalue weighted by molar-refractivity contribution is -0.155. The van der Waals surface area contributed by atoms with Crippen LogP contribution in [0.4, 0.5) is 11.4 Å². The Morgan fingerprint density at radius 3 is 2.58 bits per heavy atom. The van der Waals surface area contributed by atoms with Crippen LogP contribution < -0.4 is 15.0 Å². The van der Waals surface area contributed by atoms with Crippen LogP contribution in [-0.2, 0) is 31.9 Å². The van der Waals surface area contributed by atoms with Gasteiger partial charge in [-0.15, -0.1) is 0 Å². The van der Waals surface area contributed by atoms with Crippen molar-refractivity contribution in [3.63, 3.8) is 0 Å². The fourth-order valence-electron chi connectivity index (χ4n) is 3.89. The summed E-state index contributed by atoms with van der Waals surface area (Å²) in [5, 5.41) is 2.78. The first-order valence-corrected chi connectivity index (χ1v) is 10.8. The van der Waals surface area contributed by atoms with Crippen molar-refractivity contribution >= 4 is 23.3 Å². The van der Waals surface area contributed by atoms with Gasteiger partial charge in [0.1, 0.15) is 5.75 Å². The van der Waals surface area contributed by atoms with E-state index in [1.165, 1.54) is 11.1 Å². The first-order chi connectivity index (χ1) is 15.1. The number of benzene rings is 2. The monoisotopic (exact) mass is 424 g/mol. The number of carbonyl (C=O) groups excluding carboxylic acids is 2. The van der Waals surface area contributed by atoms with Crippen molar-refractivity contribution in [2.24, 2.45) is 0 Å². The van der Waals surface area contributed by atoms with Gasteiger partial charge >= 0.3 is 5.97 Å². The third-order valence-electron chi connectivity index (χ3n) is 5.62. The fraction of sp³-hybridized carbons (Fsp3) is 0.417. The molecule has 1 fully saturated rings. The molecular formula is C24H28N2O5. The van der Waals surface area contributed by atoms with Gasteiger partial charge < -0.3 is 24.4 Å². The van der Waals surface area contributed by atoms with Gasteiger partial charge in [-0.1, -0.05) is 6.07 Å². The molecular weight excluding hydrogens is 396 g/mol. The van der Waals surface area contributed by atoms with Crippen LogP contribution in [0.2, 0.25) is 0 Å². The second-order valence-corrected chi connectivity index (χ2v) is 7.84. The fourth-order valence-corrected chi connectivity index (χ4v) is 3.89. The van der Waals surface area contributed by atoms with Gasteiger partial charge in [-0.25, -0.2) is 4.79 Å². The van der Waals surface area contributed by atoms with Crippen LogP contribution >= 0.6 is 0 Å². The van der Waals surface area contributed by atoms with Crippen molar-refractivity contribution in [1.82, 2.24) is 0 Å². The molecule has 0 unspecified atom stereocenters. The van der Waals surface area contributed by atoms with E-state index in [9.17, 15) is 9.59 Å². The van der Waals surface area contributed by atoms with Gasteiger partial charge in [0.2, 0.25) is 0 Å². The maximum atomic E-state index is 12.4. The Hall–Kier alpha value is -3.06. The van der Waals surface area contributed by atoms with Crippen molar-refractivity contribution in [2.75, 3.05) is 43.1 Å². The molecule has 0 radical (unpaired) electrons. The highest BCUT2D eigenvalue weighted by Crippen LogP contribution is 2.26. The molecule has 2 aromatic rings. The van der Waals surface area contributed by atoms with E-state index in [2.05, 4.69) is 10.2 Å². The van der Waals surface area contributed by atoms with E-state index < -0.39 is 12.1 Å². The highest BCUT2D eigenvalue weighted by Gasteiger charge is 2.19. The van der Waals surface area contributed by atoms with E-state index in [4.69, 9.17) is 14.2 Å². The predicted molar refractivity (Wildman–Crippen MR) is 118 cm³/mol. The summed E-state index contributed by atoms with van der Waals surface area (Å²) in [4.78, 5) is 26.7. The number of anilines is 2. The highest BCUT2D eigenvalue weighted by molar-refractivity contribution is 5.95. The van der Waals surface area contributed by atoms with E-state index in [0.29, 0.717) is 11.4 Å². The van der Waals surface area contributed by atoms with Crippen LogP contribution in [0.3, 0.4) is 0 Å². The number of ether oxygens (including phenoxy) is 3. The normalized spacial score (nSPS) is 16.4. The maximum absolute atomic E-state index is 12.4. The zero-order chi connectivity index (χ0) is 21.6. The molecule has 2 aliphatic rings. The molecule has 2 aromatic carbocycles. The van der Waals surface area contributed by atoms with Crippen LogP contribution in [-0.4, -0.2) is 50.9 Å². The molecule has 1 N–H and O–H groups in total. The lowest BCUT2D eigenvalue weighted by Crippen LogP contribution is -2.36. The number of esters is 1.